The third-order valence-corrected chi connectivity index (χ3v) is 2.80. The minimum atomic E-state index is -0.0964. The summed E-state index contributed by atoms with van der Waals surface area (Å²) in [5, 5.41) is 3.27. The standard InChI is InChI=1S/C9H15NO3/c1-12-7-4-6(5-7)10-8-2-3-13-9(8)11/h6-8,10H,2-5H2,1H3. The average Bonchev–Trinajstić information content (AvgIpc) is 2.43. The molecule has 1 atom stereocenters. The van der Waals surface area contributed by atoms with Crippen molar-refractivity contribution < 1.29 is 14.3 Å². The van der Waals surface area contributed by atoms with Gasteiger partial charge in [-0.25, -0.2) is 0 Å². The summed E-state index contributed by atoms with van der Waals surface area (Å²) < 4.78 is 10.0. The van der Waals surface area contributed by atoms with E-state index >= 15 is 0 Å². The van der Waals surface area contributed by atoms with E-state index < -0.39 is 0 Å². The maximum atomic E-state index is 11.1. The van der Waals surface area contributed by atoms with Gasteiger partial charge in [0, 0.05) is 19.6 Å². The van der Waals surface area contributed by atoms with Gasteiger partial charge >= 0.3 is 5.97 Å². The highest BCUT2D eigenvalue weighted by molar-refractivity contribution is 5.77. The van der Waals surface area contributed by atoms with Gasteiger partial charge in [0.05, 0.1) is 12.7 Å². The Morgan fingerprint density at radius 2 is 2.31 bits per heavy atom. The number of hydrogen-bond acceptors (Lipinski definition) is 4. The quantitative estimate of drug-likeness (QED) is 0.632. The first-order valence-corrected chi connectivity index (χ1v) is 4.75. The van der Waals surface area contributed by atoms with E-state index in [1.54, 1.807) is 7.11 Å². The normalized spacial score (nSPS) is 38.5. The molecule has 1 aliphatic heterocycles. The van der Waals surface area contributed by atoms with Gasteiger partial charge in [-0.1, -0.05) is 0 Å². The maximum absolute atomic E-state index is 11.1. The van der Waals surface area contributed by atoms with Crippen LogP contribution in [0.5, 0.6) is 0 Å². The molecule has 0 spiro atoms. The van der Waals surface area contributed by atoms with Crippen LogP contribution >= 0.6 is 0 Å². The molecule has 13 heavy (non-hydrogen) atoms. The summed E-state index contributed by atoms with van der Waals surface area (Å²) in [6.45, 7) is 0.566. The fourth-order valence-corrected chi connectivity index (χ4v) is 1.83. The number of methoxy groups -OCH3 is 1. The van der Waals surface area contributed by atoms with Gasteiger partial charge in [0.1, 0.15) is 6.04 Å². The molecule has 4 nitrogen and oxygen atoms in total. The van der Waals surface area contributed by atoms with Crippen LogP contribution in [0, 0.1) is 0 Å². The Labute approximate surface area is 77.6 Å². The van der Waals surface area contributed by atoms with E-state index in [1.165, 1.54) is 0 Å². The van der Waals surface area contributed by atoms with Crippen molar-refractivity contribution in [2.45, 2.75) is 37.5 Å². The lowest BCUT2D eigenvalue weighted by atomic mass is 9.88. The summed E-state index contributed by atoms with van der Waals surface area (Å²) in [5.41, 5.74) is 0. The highest BCUT2D eigenvalue weighted by atomic mass is 16.5. The molecule has 2 aliphatic rings. The Balaban J connectivity index is 1.71. The number of nitrogens with one attached hydrogen (secondary N) is 1. The third kappa shape index (κ3) is 1.84. The van der Waals surface area contributed by atoms with Crippen LogP contribution < -0.4 is 5.32 Å². The molecule has 2 fully saturated rings. The molecule has 0 amide bonds. The molecular weight excluding hydrogens is 170 g/mol. The minimum Gasteiger partial charge on any atom is -0.464 e. The predicted octanol–water partition coefficient (Wildman–Crippen LogP) is 0.0689. The van der Waals surface area contributed by atoms with E-state index in [0.717, 1.165) is 19.3 Å². The van der Waals surface area contributed by atoms with Gasteiger partial charge in [-0.3, -0.25) is 4.79 Å². The SMILES string of the molecule is COC1CC(NC2CCOC2=O)C1. The molecule has 0 aromatic heterocycles. The molecule has 0 bridgehead atoms. The lowest BCUT2D eigenvalue weighted by Crippen LogP contribution is -2.50. The van der Waals surface area contributed by atoms with Crippen LogP contribution in [0.25, 0.3) is 0 Å². The smallest absolute Gasteiger partial charge is 0.323 e. The molecule has 1 saturated carbocycles. The number of cyclic esters (lactones) is 1. The average molecular weight is 185 g/mol. The van der Waals surface area contributed by atoms with E-state index in [1.807, 2.05) is 0 Å². The molecule has 1 N–H and O–H groups in total. The van der Waals surface area contributed by atoms with Crippen molar-refractivity contribution in [3.63, 3.8) is 0 Å². The van der Waals surface area contributed by atoms with Crippen LogP contribution in [0.3, 0.4) is 0 Å². The van der Waals surface area contributed by atoms with Crippen molar-refractivity contribution in [1.82, 2.24) is 5.32 Å². The van der Waals surface area contributed by atoms with Crippen molar-refractivity contribution in [2.24, 2.45) is 0 Å². The molecule has 2 rings (SSSR count). The zero-order valence-electron chi connectivity index (χ0n) is 7.79. The van der Waals surface area contributed by atoms with Crippen molar-refractivity contribution in [1.29, 1.82) is 0 Å². The van der Waals surface area contributed by atoms with Gasteiger partial charge in [-0.15, -0.1) is 0 Å². The second-order valence-electron chi connectivity index (χ2n) is 3.70. The first kappa shape index (κ1) is 8.97. The second kappa shape index (κ2) is 3.64. The zero-order valence-corrected chi connectivity index (χ0v) is 7.79. The third-order valence-electron chi connectivity index (χ3n) is 2.80. The molecular formula is C9H15NO3. The molecule has 1 heterocycles. The Morgan fingerprint density at radius 1 is 1.54 bits per heavy atom. The van der Waals surface area contributed by atoms with Crippen LogP contribution in [0.1, 0.15) is 19.3 Å². The van der Waals surface area contributed by atoms with Crippen LogP contribution in [-0.4, -0.2) is 37.9 Å². The van der Waals surface area contributed by atoms with E-state index in [4.69, 9.17) is 9.47 Å². The Hall–Kier alpha value is -0.610. The predicted molar refractivity (Wildman–Crippen MR) is 46.3 cm³/mol. The van der Waals surface area contributed by atoms with Crippen molar-refractivity contribution in [3.8, 4) is 0 Å². The molecule has 4 heteroatoms. The van der Waals surface area contributed by atoms with Gasteiger partial charge in [0.25, 0.3) is 0 Å². The number of rotatable bonds is 3. The summed E-state index contributed by atoms with van der Waals surface area (Å²) in [4.78, 5) is 11.1. The van der Waals surface area contributed by atoms with E-state index in [-0.39, 0.29) is 12.0 Å². The highest BCUT2D eigenvalue weighted by Crippen LogP contribution is 2.24. The van der Waals surface area contributed by atoms with Crippen LogP contribution in [0.2, 0.25) is 0 Å². The monoisotopic (exact) mass is 185 g/mol. The summed E-state index contributed by atoms with van der Waals surface area (Å²) in [7, 11) is 1.73. The lowest BCUT2D eigenvalue weighted by Gasteiger charge is -2.35. The van der Waals surface area contributed by atoms with E-state index in [0.29, 0.717) is 18.8 Å². The van der Waals surface area contributed by atoms with Crippen molar-refractivity contribution >= 4 is 5.97 Å². The minimum absolute atomic E-state index is 0.0668. The van der Waals surface area contributed by atoms with E-state index in [2.05, 4.69) is 5.32 Å². The van der Waals surface area contributed by atoms with Gasteiger partial charge in [-0.2, -0.15) is 0 Å². The number of esters is 1. The van der Waals surface area contributed by atoms with Gasteiger partial charge in [-0.05, 0) is 12.8 Å². The molecule has 0 aromatic carbocycles. The van der Waals surface area contributed by atoms with Crippen LogP contribution in [0.15, 0.2) is 0 Å². The first-order chi connectivity index (χ1) is 6.29. The lowest BCUT2D eigenvalue weighted by molar-refractivity contribution is -0.140. The van der Waals surface area contributed by atoms with Gasteiger partial charge < -0.3 is 14.8 Å². The van der Waals surface area contributed by atoms with Crippen molar-refractivity contribution in [2.75, 3.05) is 13.7 Å². The van der Waals surface area contributed by atoms with Crippen LogP contribution in [0.4, 0.5) is 0 Å². The Bertz CT molecular complexity index is 201. The fraction of sp³-hybridized carbons (Fsp3) is 0.889. The number of carbonyl (C=O) groups excluding carboxylic acids is 1. The number of carbonyl (C=O) groups is 1. The molecule has 0 aromatic rings. The van der Waals surface area contributed by atoms with Crippen LogP contribution in [-0.2, 0) is 14.3 Å². The summed E-state index contributed by atoms with van der Waals surface area (Å²) >= 11 is 0. The van der Waals surface area contributed by atoms with Gasteiger partial charge in [0.15, 0.2) is 0 Å². The topological polar surface area (TPSA) is 47.6 Å². The molecule has 1 aliphatic carbocycles. The fourth-order valence-electron chi connectivity index (χ4n) is 1.83. The van der Waals surface area contributed by atoms with E-state index in [9.17, 15) is 4.79 Å². The van der Waals surface area contributed by atoms with Gasteiger partial charge in [0.2, 0.25) is 0 Å². The molecule has 0 radical (unpaired) electrons. The molecule has 1 saturated heterocycles. The largest absolute Gasteiger partial charge is 0.464 e. The first-order valence-electron chi connectivity index (χ1n) is 4.75. The maximum Gasteiger partial charge on any atom is 0.323 e. The molecule has 1 unspecified atom stereocenters. The number of ether oxygens (including phenoxy) is 2. The Morgan fingerprint density at radius 3 is 2.85 bits per heavy atom. The highest BCUT2D eigenvalue weighted by Gasteiger charge is 2.34. The zero-order chi connectivity index (χ0) is 9.26. The molecule has 74 valence electrons. The number of hydrogen-bond donors (Lipinski definition) is 1. The summed E-state index contributed by atoms with van der Waals surface area (Å²) in [6, 6.07) is 0.378. The summed E-state index contributed by atoms with van der Waals surface area (Å²) in [6.07, 6.45) is 3.23. The van der Waals surface area contributed by atoms with Crippen molar-refractivity contribution in [3.05, 3.63) is 0 Å². The summed E-state index contributed by atoms with van der Waals surface area (Å²) in [5.74, 6) is -0.0964. The Kier molecular flexibility index (Phi) is 2.51. The second-order valence-corrected chi connectivity index (χ2v) is 3.70.